The Bertz CT molecular complexity index is 965. The van der Waals surface area contributed by atoms with Crippen molar-refractivity contribution in [3.63, 3.8) is 0 Å². The average molecular weight is 403 g/mol. The number of aromatic nitrogens is 1. The van der Waals surface area contributed by atoms with E-state index < -0.39 is 13.3 Å². The molecule has 29 heavy (non-hydrogen) atoms. The molecule has 5 nitrogen and oxygen atoms in total. The third-order valence-electron chi connectivity index (χ3n) is 4.40. The molecule has 0 spiro atoms. The van der Waals surface area contributed by atoms with Crippen molar-refractivity contribution in [2.24, 2.45) is 0 Å². The van der Waals surface area contributed by atoms with Gasteiger partial charge in [-0.05, 0) is 41.3 Å². The first-order valence-electron chi connectivity index (χ1n) is 9.20. The molecule has 3 aromatic rings. The number of hydrogen-bond donors (Lipinski definition) is 0. The lowest BCUT2D eigenvalue weighted by molar-refractivity contribution is 0.260. The van der Waals surface area contributed by atoms with Gasteiger partial charge in [-0.2, -0.15) is 0 Å². The van der Waals surface area contributed by atoms with Crippen LogP contribution in [0.5, 0.6) is 23.0 Å². The zero-order chi connectivity index (χ0) is 20.6. The minimum absolute atomic E-state index is 0.0237. The fourth-order valence-electron chi connectivity index (χ4n) is 3.09. The first-order chi connectivity index (χ1) is 14.2. The van der Waals surface area contributed by atoms with Gasteiger partial charge in [-0.15, -0.1) is 0 Å². The Morgan fingerprint density at radius 1 is 0.793 bits per heavy atom. The lowest BCUT2D eigenvalue weighted by atomic mass is 10.0. The SMILES string of the molecule is COc1cc(Cc2nccc3cc(OC)c(OCCF)cc23)ccc1OCCF. The van der Waals surface area contributed by atoms with Crippen molar-refractivity contribution in [2.75, 3.05) is 40.8 Å². The summed E-state index contributed by atoms with van der Waals surface area (Å²) in [6.07, 6.45) is 2.27. The Morgan fingerprint density at radius 2 is 1.48 bits per heavy atom. The summed E-state index contributed by atoms with van der Waals surface area (Å²) in [5, 5.41) is 1.83. The minimum atomic E-state index is -0.586. The van der Waals surface area contributed by atoms with Gasteiger partial charge in [-0.1, -0.05) is 6.07 Å². The van der Waals surface area contributed by atoms with Gasteiger partial charge in [-0.3, -0.25) is 4.98 Å². The van der Waals surface area contributed by atoms with Crippen molar-refractivity contribution < 1.29 is 27.7 Å². The summed E-state index contributed by atoms with van der Waals surface area (Å²) in [4.78, 5) is 4.51. The molecule has 0 bridgehead atoms. The van der Waals surface area contributed by atoms with Crippen LogP contribution in [0.1, 0.15) is 11.3 Å². The van der Waals surface area contributed by atoms with Crippen molar-refractivity contribution in [2.45, 2.75) is 6.42 Å². The highest BCUT2D eigenvalue weighted by Gasteiger charge is 2.13. The van der Waals surface area contributed by atoms with Gasteiger partial charge in [0, 0.05) is 18.0 Å². The lowest BCUT2D eigenvalue weighted by Gasteiger charge is -2.14. The summed E-state index contributed by atoms with van der Waals surface area (Å²) < 4.78 is 46.5. The van der Waals surface area contributed by atoms with E-state index in [1.165, 1.54) is 0 Å². The van der Waals surface area contributed by atoms with E-state index in [9.17, 15) is 8.78 Å². The van der Waals surface area contributed by atoms with Crippen molar-refractivity contribution in [1.29, 1.82) is 0 Å². The summed E-state index contributed by atoms with van der Waals surface area (Å²) >= 11 is 0. The Balaban J connectivity index is 1.95. The summed E-state index contributed by atoms with van der Waals surface area (Å²) in [5.74, 6) is 2.04. The Labute approximate surface area is 168 Å². The minimum Gasteiger partial charge on any atom is -0.493 e. The molecule has 0 aliphatic heterocycles. The normalized spacial score (nSPS) is 10.8. The van der Waals surface area contributed by atoms with E-state index >= 15 is 0 Å². The number of rotatable bonds is 10. The van der Waals surface area contributed by atoms with E-state index in [1.807, 2.05) is 30.3 Å². The van der Waals surface area contributed by atoms with Crippen LogP contribution < -0.4 is 18.9 Å². The van der Waals surface area contributed by atoms with Gasteiger partial charge in [0.2, 0.25) is 0 Å². The summed E-state index contributed by atoms with van der Waals surface area (Å²) in [6, 6.07) is 11.0. The monoisotopic (exact) mass is 403 g/mol. The van der Waals surface area contributed by atoms with Crippen molar-refractivity contribution in [1.82, 2.24) is 4.98 Å². The van der Waals surface area contributed by atoms with E-state index in [0.29, 0.717) is 29.4 Å². The second-order valence-electron chi connectivity index (χ2n) is 6.22. The summed E-state index contributed by atoms with van der Waals surface area (Å²) in [6.45, 7) is -1.22. The molecular formula is C22H23F2NO4. The molecule has 7 heteroatoms. The van der Waals surface area contributed by atoms with Crippen molar-refractivity contribution in [3.8, 4) is 23.0 Å². The third-order valence-corrected chi connectivity index (χ3v) is 4.40. The zero-order valence-corrected chi connectivity index (χ0v) is 16.4. The number of methoxy groups -OCH3 is 2. The molecular weight excluding hydrogens is 380 g/mol. The number of halogens is 2. The van der Waals surface area contributed by atoms with Crippen LogP contribution in [0.2, 0.25) is 0 Å². The molecule has 0 aliphatic rings. The smallest absolute Gasteiger partial charge is 0.161 e. The fraction of sp³-hybridized carbons (Fsp3) is 0.318. The molecule has 0 radical (unpaired) electrons. The number of ether oxygens (including phenoxy) is 4. The van der Waals surface area contributed by atoms with Crippen LogP contribution >= 0.6 is 0 Å². The van der Waals surface area contributed by atoms with Gasteiger partial charge in [0.05, 0.1) is 19.9 Å². The van der Waals surface area contributed by atoms with Gasteiger partial charge in [-0.25, -0.2) is 8.78 Å². The van der Waals surface area contributed by atoms with E-state index in [1.54, 1.807) is 26.5 Å². The van der Waals surface area contributed by atoms with Gasteiger partial charge in [0.25, 0.3) is 0 Å². The molecule has 0 aliphatic carbocycles. The second kappa shape index (κ2) is 9.91. The molecule has 154 valence electrons. The molecule has 0 fully saturated rings. The van der Waals surface area contributed by atoms with E-state index in [-0.39, 0.29) is 13.2 Å². The number of alkyl halides is 2. The number of hydrogen-bond acceptors (Lipinski definition) is 5. The summed E-state index contributed by atoms with van der Waals surface area (Å²) in [5.41, 5.74) is 1.78. The van der Waals surface area contributed by atoms with Crippen LogP contribution in [0, 0.1) is 0 Å². The van der Waals surface area contributed by atoms with E-state index in [2.05, 4.69) is 4.98 Å². The molecule has 0 saturated carbocycles. The van der Waals surface area contributed by atoms with Crippen LogP contribution in [-0.4, -0.2) is 45.8 Å². The van der Waals surface area contributed by atoms with Crippen molar-refractivity contribution >= 4 is 10.8 Å². The molecule has 0 N–H and O–H groups in total. The Morgan fingerprint density at radius 3 is 2.17 bits per heavy atom. The number of nitrogens with zero attached hydrogens (tertiary/aromatic N) is 1. The molecule has 0 amide bonds. The van der Waals surface area contributed by atoms with E-state index in [4.69, 9.17) is 18.9 Å². The van der Waals surface area contributed by atoms with Crippen LogP contribution in [-0.2, 0) is 6.42 Å². The molecule has 0 unspecified atom stereocenters. The Hall–Kier alpha value is -3.09. The third kappa shape index (κ3) is 4.85. The first kappa shape index (κ1) is 20.6. The predicted molar refractivity (Wildman–Crippen MR) is 107 cm³/mol. The zero-order valence-electron chi connectivity index (χ0n) is 16.4. The first-order valence-corrected chi connectivity index (χ1v) is 9.20. The summed E-state index contributed by atoms with van der Waals surface area (Å²) in [7, 11) is 3.09. The van der Waals surface area contributed by atoms with Crippen LogP contribution in [0.4, 0.5) is 8.78 Å². The highest BCUT2D eigenvalue weighted by molar-refractivity contribution is 5.88. The molecule has 1 heterocycles. The van der Waals surface area contributed by atoms with Gasteiger partial charge in [0.1, 0.15) is 26.6 Å². The maximum atomic E-state index is 12.6. The molecule has 3 rings (SSSR count). The number of benzene rings is 2. The predicted octanol–water partition coefficient (Wildman–Crippen LogP) is 4.54. The maximum absolute atomic E-state index is 12.6. The highest BCUT2D eigenvalue weighted by atomic mass is 19.1. The topological polar surface area (TPSA) is 49.8 Å². The fourth-order valence-corrected chi connectivity index (χ4v) is 3.09. The standard InChI is InChI=1S/C22H23F2NO4/c1-26-20-12-15(3-4-19(20)28-9-6-23)11-18-17-14-22(29-10-7-24)21(27-2)13-16(17)5-8-25-18/h3-5,8,12-14H,6-7,9-11H2,1-2H3. The van der Waals surface area contributed by atoms with Crippen LogP contribution in [0.15, 0.2) is 42.6 Å². The Kier molecular flexibility index (Phi) is 7.05. The molecule has 2 aromatic carbocycles. The number of fused-ring (bicyclic) bond motifs is 1. The molecule has 1 aromatic heterocycles. The van der Waals surface area contributed by atoms with Gasteiger partial charge in [0.15, 0.2) is 23.0 Å². The van der Waals surface area contributed by atoms with E-state index in [0.717, 1.165) is 22.0 Å². The largest absolute Gasteiger partial charge is 0.493 e. The van der Waals surface area contributed by atoms with Crippen molar-refractivity contribution in [3.05, 3.63) is 53.9 Å². The molecule has 0 atom stereocenters. The average Bonchev–Trinajstić information content (AvgIpc) is 2.76. The van der Waals surface area contributed by atoms with Gasteiger partial charge < -0.3 is 18.9 Å². The second-order valence-corrected chi connectivity index (χ2v) is 6.22. The maximum Gasteiger partial charge on any atom is 0.161 e. The quantitative estimate of drug-likeness (QED) is 0.498. The van der Waals surface area contributed by atoms with Gasteiger partial charge >= 0.3 is 0 Å². The lowest BCUT2D eigenvalue weighted by Crippen LogP contribution is -2.02. The molecule has 0 saturated heterocycles. The number of pyridine rings is 1. The van der Waals surface area contributed by atoms with Crippen LogP contribution in [0.3, 0.4) is 0 Å². The van der Waals surface area contributed by atoms with Crippen LogP contribution in [0.25, 0.3) is 10.8 Å². The highest BCUT2D eigenvalue weighted by Crippen LogP contribution is 2.35.